The van der Waals surface area contributed by atoms with Gasteiger partial charge in [0, 0.05) is 18.5 Å². The van der Waals surface area contributed by atoms with E-state index in [4.69, 9.17) is 14.2 Å². The summed E-state index contributed by atoms with van der Waals surface area (Å²) in [6.07, 6.45) is 2.25. The number of hydrogen-bond acceptors (Lipinski definition) is 6. The van der Waals surface area contributed by atoms with Crippen molar-refractivity contribution < 1.29 is 19.0 Å². The van der Waals surface area contributed by atoms with E-state index in [0.29, 0.717) is 31.3 Å². The molecule has 0 radical (unpaired) electrons. The van der Waals surface area contributed by atoms with Crippen LogP contribution in [0.4, 0.5) is 0 Å². The zero-order chi connectivity index (χ0) is 18.1. The van der Waals surface area contributed by atoms with Crippen LogP contribution in [0.2, 0.25) is 0 Å². The molecule has 4 rings (SSSR count). The molecule has 138 valence electrons. The predicted octanol–water partition coefficient (Wildman–Crippen LogP) is 1.50. The second kappa shape index (κ2) is 6.60. The molecular formula is C18H22N4O4. The molecule has 1 saturated heterocycles. The summed E-state index contributed by atoms with van der Waals surface area (Å²) in [6.45, 7) is 5.39. The van der Waals surface area contributed by atoms with Gasteiger partial charge in [0.05, 0.1) is 13.2 Å². The van der Waals surface area contributed by atoms with Gasteiger partial charge in [-0.25, -0.2) is 4.98 Å². The zero-order valence-electron chi connectivity index (χ0n) is 14.9. The summed E-state index contributed by atoms with van der Waals surface area (Å²) in [5.41, 5.74) is 0.846. The average Bonchev–Trinajstić information content (AvgIpc) is 3.26. The first-order valence-corrected chi connectivity index (χ1v) is 8.70. The average molecular weight is 358 g/mol. The maximum absolute atomic E-state index is 12.7. The normalized spacial score (nSPS) is 21.2. The van der Waals surface area contributed by atoms with Gasteiger partial charge in [0.15, 0.2) is 18.1 Å². The molecule has 8 heteroatoms. The Balaban J connectivity index is 1.45. The molecule has 2 aliphatic rings. The smallest absolute Gasteiger partial charge is 0.261 e. The van der Waals surface area contributed by atoms with Gasteiger partial charge in [0.25, 0.3) is 5.91 Å². The highest BCUT2D eigenvalue weighted by Crippen LogP contribution is 2.41. The standard InChI is InChI=1S/C18H22N4O4/c1-18(2)8-12-4-3-5-14(16(12)26-18)25-10-15(23)22-6-7-24-9-13(22)17-19-11-20-21-17/h3-5,11,13H,6-10H2,1-2H3,(H,19,20,21). The van der Waals surface area contributed by atoms with Gasteiger partial charge in [-0.1, -0.05) is 12.1 Å². The van der Waals surface area contributed by atoms with Gasteiger partial charge >= 0.3 is 0 Å². The van der Waals surface area contributed by atoms with E-state index < -0.39 is 0 Å². The van der Waals surface area contributed by atoms with E-state index >= 15 is 0 Å². The summed E-state index contributed by atoms with van der Waals surface area (Å²) < 4.78 is 17.3. The number of ether oxygens (including phenoxy) is 3. The number of nitrogens with one attached hydrogen (secondary N) is 1. The predicted molar refractivity (Wildman–Crippen MR) is 92.0 cm³/mol. The van der Waals surface area contributed by atoms with Crippen LogP contribution in [-0.2, 0) is 16.0 Å². The summed E-state index contributed by atoms with van der Waals surface area (Å²) in [6, 6.07) is 5.51. The lowest BCUT2D eigenvalue weighted by atomic mass is 10.0. The number of morpholine rings is 1. The number of aromatic nitrogens is 3. The van der Waals surface area contributed by atoms with E-state index in [1.165, 1.54) is 6.33 Å². The van der Waals surface area contributed by atoms with Gasteiger partial charge in [-0.3, -0.25) is 9.89 Å². The highest BCUT2D eigenvalue weighted by atomic mass is 16.5. The molecule has 1 fully saturated rings. The molecule has 0 spiro atoms. The molecule has 2 aromatic rings. The molecule has 8 nitrogen and oxygen atoms in total. The molecule has 1 unspecified atom stereocenters. The molecule has 0 saturated carbocycles. The lowest BCUT2D eigenvalue weighted by molar-refractivity contribution is -0.142. The molecule has 1 aromatic heterocycles. The number of H-pyrrole nitrogens is 1. The molecule has 0 bridgehead atoms. The first-order chi connectivity index (χ1) is 12.5. The topological polar surface area (TPSA) is 89.6 Å². The lowest BCUT2D eigenvalue weighted by Crippen LogP contribution is -2.45. The molecule has 1 amide bonds. The van der Waals surface area contributed by atoms with Gasteiger partial charge in [-0.2, -0.15) is 5.10 Å². The zero-order valence-corrected chi connectivity index (χ0v) is 14.9. The van der Waals surface area contributed by atoms with E-state index in [2.05, 4.69) is 15.2 Å². The van der Waals surface area contributed by atoms with Gasteiger partial charge < -0.3 is 19.1 Å². The minimum absolute atomic E-state index is 0.0646. The van der Waals surface area contributed by atoms with E-state index in [9.17, 15) is 4.79 Å². The van der Waals surface area contributed by atoms with Crippen LogP contribution in [0.3, 0.4) is 0 Å². The van der Waals surface area contributed by atoms with E-state index in [1.54, 1.807) is 4.90 Å². The summed E-state index contributed by atoms with van der Waals surface area (Å²) in [5.74, 6) is 1.83. The first-order valence-electron chi connectivity index (χ1n) is 8.70. The monoisotopic (exact) mass is 358 g/mol. The molecule has 3 heterocycles. The van der Waals surface area contributed by atoms with Crippen molar-refractivity contribution in [3.05, 3.63) is 35.9 Å². The molecule has 26 heavy (non-hydrogen) atoms. The number of nitrogens with zero attached hydrogens (tertiary/aromatic N) is 3. The highest BCUT2D eigenvalue weighted by molar-refractivity contribution is 5.78. The summed E-state index contributed by atoms with van der Waals surface area (Å²) in [4.78, 5) is 18.6. The molecule has 0 aliphatic carbocycles. The third kappa shape index (κ3) is 3.24. The molecule has 1 N–H and O–H groups in total. The number of carbonyl (C=O) groups excluding carboxylic acids is 1. The maximum Gasteiger partial charge on any atom is 0.261 e. The fourth-order valence-corrected chi connectivity index (χ4v) is 3.43. The number of para-hydroxylation sites is 1. The van der Waals surface area contributed by atoms with Crippen molar-refractivity contribution in [3.8, 4) is 11.5 Å². The fourth-order valence-electron chi connectivity index (χ4n) is 3.43. The van der Waals surface area contributed by atoms with Crippen LogP contribution in [0.5, 0.6) is 11.5 Å². The minimum atomic E-state index is -0.279. The molecule has 1 atom stereocenters. The van der Waals surface area contributed by atoms with E-state index in [0.717, 1.165) is 17.7 Å². The summed E-state index contributed by atoms with van der Waals surface area (Å²) in [7, 11) is 0. The Morgan fingerprint density at radius 2 is 2.35 bits per heavy atom. The number of rotatable bonds is 4. The molecular weight excluding hydrogens is 336 g/mol. The minimum Gasteiger partial charge on any atom is -0.483 e. The van der Waals surface area contributed by atoms with Crippen LogP contribution >= 0.6 is 0 Å². The molecule has 2 aliphatic heterocycles. The van der Waals surface area contributed by atoms with Crippen LogP contribution in [0.25, 0.3) is 0 Å². The third-order valence-electron chi connectivity index (χ3n) is 4.60. The van der Waals surface area contributed by atoms with Crippen molar-refractivity contribution in [1.29, 1.82) is 0 Å². The number of carbonyl (C=O) groups is 1. The SMILES string of the molecule is CC1(C)Cc2cccc(OCC(=O)N3CCOCC3c3ncn[nH]3)c2O1. The number of benzene rings is 1. The Hall–Kier alpha value is -2.61. The summed E-state index contributed by atoms with van der Waals surface area (Å²) >= 11 is 0. The Morgan fingerprint density at radius 1 is 1.46 bits per heavy atom. The van der Waals surface area contributed by atoms with Gasteiger partial charge in [0.1, 0.15) is 23.8 Å². The van der Waals surface area contributed by atoms with Gasteiger partial charge in [-0.05, 0) is 19.9 Å². The van der Waals surface area contributed by atoms with Crippen LogP contribution in [0, 0.1) is 0 Å². The summed E-state index contributed by atoms with van der Waals surface area (Å²) in [5, 5.41) is 6.67. The largest absolute Gasteiger partial charge is 0.483 e. The fraction of sp³-hybridized carbons (Fsp3) is 0.500. The van der Waals surface area contributed by atoms with Crippen molar-refractivity contribution >= 4 is 5.91 Å². The van der Waals surface area contributed by atoms with Crippen molar-refractivity contribution in [1.82, 2.24) is 20.1 Å². The third-order valence-corrected chi connectivity index (χ3v) is 4.60. The lowest BCUT2D eigenvalue weighted by Gasteiger charge is -2.34. The Bertz CT molecular complexity index is 790. The van der Waals surface area contributed by atoms with Gasteiger partial charge in [0.2, 0.25) is 0 Å². The van der Waals surface area contributed by atoms with Crippen LogP contribution < -0.4 is 9.47 Å². The van der Waals surface area contributed by atoms with Crippen molar-refractivity contribution in [2.24, 2.45) is 0 Å². The second-order valence-electron chi connectivity index (χ2n) is 7.12. The second-order valence-corrected chi connectivity index (χ2v) is 7.12. The maximum atomic E-state index is 12.7. The Kier molecular flexibility index (Phi) is 4.28. The van der Waals surface area contributed by atoms with E-state index in [-0.39, 0.29) is 24.2 Å². The van der Waals surface area contributed by atoms with Crippen molar-refractivity contribution in [3.63, 3.8) is 0 Å². The van der Waals surface area contributed by atoms with E-state index in [1.807, 2.05) is 32.0 Å². The van der Waals surface area contributed by atoms with Gasteiger partial charge in [-0.15, -0.1) is 0 Å². The Labute approximate surface area is 151 Å². The first kappa shape index (κ1) is 16.8. The number of hydrogen-bond donors (Lipinski definition) is 1. The highest BCUT2D eigenvalue weighted by Gasteiger charge is 2.34. The number of aromatic amines is 1. The van der Waals surface area contributed by atoms with Crippen molar-refractivity contribution in [2.75, 3.05) is 26.4 Å². The Morgan fingerprint density at radius 3 is 3.15 bits per heavy atom. The van der Waals surface area contributed by atoms with Crippen molar-refractivity contribution in [2.45, 2.75) is 31.9 Å². The van der Waals surface area contributed by atoms with Crippen LogP contribution in [0.15, 0.2) is 24.5 Å². The number of amides is 1. The quantitative estimate of drug-likeness (QED) is 0.891. The molecule has 1 aromatic carbocycles. The van der Waals surface area contributed by atoms with Crippen LogP contribution in [-0.4, -0.2) is 58.0 Å². The van der Waals surface area contributed by atoms with Crippen LogP contribution in [0.1, 0.15) is 31.3 Å². The number of fused-ring (bicyclic) bond motifs is 1.